The van der Waals surface area contributed by atoms with Crippen LogP contribution >= 0.6 is 0 Å². The summed E-state index contributed by atoms with van der Waals surface area (Å²) >= 11 is 0. The van der Waals surface area contributed by atoms with Gasteiger partial charge in [-0.3, -0.25) is 0 Å². The lowest BCUT2D eigenvalue weighted by Crippen LogP contribution is -2.36. The van der Waals surface area contributed by atoms with Crippen molar-refractivity contribution in [2.24, 2.45) is 29.1 Å². The molecule has 3 aliphatic rings. The molecule has 110 valence electrons. The van der Waals surface area contributed by atoms with Crippen LogP contribution in [0, 0.1) is 29.1 Å². The maximum Gasteiger partial charge on any atom is -0.00879 e. The lowest BCUT2D eigenvalue weighted by atomic mass is 9.61. The molecule has 0 spiro atoms. The second kappa shape index (κ2) is 6.77. The fourth-order valence-electron chi connectivity index (χ4n) is 4.69. The Morgan fingerprint density at radius 2 is 1.58 bits per heavy atom. The molecule has 0 radical (unpaired) electrons. The Labute approximate surface area is 121 Å². The average molecular weight is 262 g/mol. The molecule has 2 saturated carbocycles. The lowest BCUT2D eigenvalue weighted by Gasteiger charge is -2.44. The van der Waals surface area contributed by atoms with Crippen molar-refractivity contribution in [2.75, 3.05) is 0 Å². The van der Waals surface area contributed by atoms with Crippen LogP contribution in [0.4, 0.5) is 0 Å². The monoisotopic (exact) mass is 262 g/mol. The third-order valence-corrected chi connectivity index (χ3v) is 5.69. The molecule has 0 nitrogen and oxygen atoms in total. The zero-order chi connectivity index (χ0) is 14.6. The van der Waals surface area contributed by atoms with Gasteiger partial charge in [0, 0.05) is 0 Å². The van der Waals surface area contributed by atoms with Crippen LogP contribution in [0.15, 0.2) is 24.3 Å². The van der Waals surface area contributed by atoms with Crippen molar-refractivity contribution < 1.29 is 0 Å². The molecule has 2 fully saturated rings. The van der Waals surface area contributed by atoms with Crippen LogP contribution in [0.2, 0.25) is 0 Å². The molecule has 0 saturated heterocycles. The predicted octanol–water partition coefficient (Wildman–Crippen LogP) is 6.24. The van der Waals surface area contributed by atoms with Gasteiger partial charge in [0.05, 0.1) is 0 Å². The third-order valence-electron chi connectivity index (χ3n) is 5.69. The molecule has 0 aromatic carbocycles. The predicted molar refractivity (Wildman–Crippen MR) is 87.2 cm³/mol. The fourth-order valence-corrected chi connectivity index (χ4v) is 4.69. The number of fused-ring (bicyclic) bond motifs is 5. The molecule has 0 aliphatic heterocycles. The van der Waals surface area contributed by atoms with Gasteiger partial charge in [0.2, 0.25) is 0 Å². The largest absolute Gasteiger partial charge is 0.0996 e. The van der Waals surface area contributed by atoms with Gasteiger partial charge >= 0.3 is 0 Å². The van der Waals surface area contributed by atoms with Crippen molar-refractivity contribution in [1.29, 1.82) is 0 Å². The molecule has 0 aromatic heterocycles. The van der Waals surface area contributed by atoms with Gasteiger partial charge in [-0.15, -0.1) is 0 Å². The van der Waals surface area contributed by atoms with Gasteiger partial charge in [0.15, 0.2) is 0 Å². The van der Waals surface area contributed by atoms with Crippen molar-refractivity contribution in [3.63, 3.8) is 0 Å². The highest BCUT2D eigenvalue weighted by atomic mass is 14.6. The molecule has 0 N–H and O–H groups in total. The van der Waals surface area contributed by atoms with Crippen LogP contribution in [0.1, 0.15) is 67.2 Å². The first-order valence-corrected chi connectivity index (χ1v) is 8.44. The first kappa shape index (κ1) is 16.5. The van der Waals surface area contributed by atoms with Gasteiger partial charge < -0.3 is 0 Å². The highest BCUT2D eigenvalue weighted by Crippen LogP contribution is 2.65. The standard InChI is InChI=1S/C15H22.2C2H6/c1-10(2)15(3)9-11-8-14(15)13-7-5-4-6-12(11)13;2*1-2/h4-5,11-14H,1,6-9H2,2-3H3;2*1-2H3. The van der Waals surface area contributed by atoms with Crippen LogP contribution in [0.3, 0.4) is 0 Å². The van der Waals surface area contributed by atoms with Gasteiger partial charge in [-0.1, -0.05) is 58.9 Å². The zero-order valence-electron chi connectivity index (χ0n) is 14.0. The van der Waals surface area contributed by atoms with Crippen LogP contribution in [-0.4, -0.2) is 0 Å². The summed E-state index contributed by atoms with van der Waals surface area (Å²) in [4.78, 5) is 0. The smallest absolute Gasteiger partial charge is 0.00879 e. The van der Waals surface area contributed by atoms with E-state index in [1.165, 1.54) is 31.3 Å². The Balaban J connectivity index is 0.000000415. The minimum absolute atomic E-state index is 0.469. The van der Waals surface area contributed by atoms with E-state index >= 15 is 0 Å². The van der Waals surface area contributed by atoms with Crippen LogP contribution < -0.4 is 0 Å². The zero-order valence-corrected chi connectivity index (χ0v) is 14.0. The molecule has 5 unspecified atom stereocenters. The molecular formula is C19H34. The SMILES string of the molecule is C=C(C)C1(C)CC2CC1C1CC=CCC21.CC.CC. The lowest BCUT2D eigenvalue weighted by molar-refractivity contribution is 0.109. The molecule has 0 heteroatoms. The van der Waals surface area contributed by atoms with Gasteiger partial charge in [-0.25, -0.2) is 0 Å². The topological polar surface area (TPSA) is 0 Å². The minimum Gasteiger partial charge on any atom is -0.0996 e. The van der Waals surface area contributed by atoms with E-state index in [-0.39, 0.29) is 0 Å². The normalized spacial score (nSPS) is 41.6. The first-order valence-electron chi connectivity index (χ1n) is 8.44. The van der Waals surface area contributed by atoms with Crippen molar-refractivity contribution in [3.05, 3.63) is 24.3 Å². The molecular weight excluding hydrogens is 228 g/mol. The van der Waals surface area contributed by atoms with E-state index in [2.05, 4.69) is 32.6 Å². The van der Waals surface area contributed by atoms with Crippen molar-refractivity contribution >= 4 is 0 Å². The Kier molecular flexibility index (Phi) is 5.89. The van der Waals surface area contributed by atoms with E-state index < -0.39 is 0 Å². The summed E-state index contributed by atoms with van der Waals surface area (Å²) in [6, 6.07) is 0. The maximum atomic E-state index is 4.25. The molecule has 0 heterocycles. The van der Waals surface area contributed by atoms with E-state index in [1.54, 1.807) is 0 Å². The second-order valence-corrected chi connectivity index (χ2v) is 6.27. The number of hydrogen-bond acceptors (Lipinski definition) is 0. The Bertz CT molecular complexity index is 325. The average Bonchev–Trinajstić information content (AvgIpc) is 3.00. The molecule has 3 aliphatic carbocycles. The summed E-state index contributed by atoms with van der Waals surface area (Å²) in [5.41, 5.74) is 1.90. The van der Waals surface area contributed by atoms with Gasteiger partial charge in [-0.05, 0) is 61.7 Å². The van der Waals surface area contributed by atoms with Gasteiger partial charge in [0.25, 0.3) is 0 Å². The van der Waals surface area contributed by atoms with Crippen LogP contribution in [0.5, 0.6) is 0 Å². The number of hydrogen-bond donors (Lipinski definition) is 0. The molecule has 5 atom stereocenters. The van der Waals surface area contributed by atoms with Gasteiger partial charge in [-0.2, -0.15) is 0 Å². The summed E-state index contributed by atoms with van der Waals surface area (Å²) in [5, 5.41) is 0. The summed E-state index contributed by atoms with van der Waals surface area (Å²) in [7, 11) is 0. The van der Waals surface area contributed by atoms with E-state index in [0.717, 1.165) is 23.7 Å². The Morgan fingerprint density at radius 1 is 1.05 bits per heavy atom. The maximum absolute atomic E-state index is 4.25. The first-order chi connectivity index (χ1) is 9.13. The Hall–Kier alpha value is -0.520. The summed E-state index contributed by atoms with van der Waals surface area (Å²) in [5.74, 6) is 3.95. The van der Waals surface area contributed by atoms with Crippen LogP contribution in [-0.2, 0) is 0 Å². The van der Waals surface area contributed by atoms with Crippen molar-refractivity contribution in [2.45, 2.75) is 67.2 Å². The van der Waals surface area contributed by atoms with E-state index in [1.807, 2.05) is 27.7 Å². The van der Waals surface area contributed by atoms with Crippen molar-refractivity contribution in [1.82, 2.24) is 0 Å². The summed E-state index contributed by atoms with van der Waals surface area (Å²) in [6.07, 6.45) is 10.4. The Morgan fingerprint density at radius 3 is 2.11 bits per heavy atom. The van der Waals surface area contributed by atoms with Gasteiger partial charge in [0.1, 0.15) is 0 Å². The molecule has 19 heavy (non-hydrogen) atoms. The van der Waals surface area contributed by atoms with E-state index in [9.17, 15) is 0 Å². The summed E-state index contributed by atoms with van der Waals surface area (Å²) < 4.78 is 0. The van der Waals surface area contributed by atoms with E-state index in [0.29, 0.717) is 5.41 Å². The summed E-state index contributed by atoms with van der Waals surface area (Å²) in [6.45, 7) is 17.0. The molecule has 0 amide bonds. The third kappa shape index (κ3) is 2.69. The molecule has 0 aromatic rings. The van der Waals surface area contributed by atoms with E-state index in [4.69, 9.17) is 0 Å². The quantitative estimate of drug-likeness (QED) is 0.490. The molecule has 2 bridgehead atoms. The highest BCUT2D eigenvalue weighted by Gasteiger charge is 2.57. The molecule has 3 rings (SSSR count). The van der Waals surface area contributed by atoms with Crippen molar-refractivity contribution in [3.8, 4) is 0 Å². The fraction of sp³-hybridized carbons (Fsp3) is 0.789. The van der Waals surface area contributed by atoms with Crippen LogP contribution in [0.25, 0.3) is 0 Å². The highest BCUT2D eigenvalue weighted by molar-refractivity contribution is 5.20. The number of allylic oxidation sites excluding steroid dienone is 3. The minimum atomic E-state index is 0.469. The number of rotatable bonds is 1. The second-order valence-electron chi connectivity index (χ2n) is 6.27.